The number of anilines is 1. The molecular weight excluding hydrogens is 406 g/mol. The number of aryl methyl sites for hydroxylation is 1. The van der Waals surface area contributed by atoms with Crippen LogP contribution in [0.1, 0.15) is 24.3 Å². The first-order valence-corrected chi connectivity index (χ1v) is 10.5. The number of piperidine rings is 1. The van der Waals surface area contributed by atoms with Crippen molar-refractivity contribution in [1.82, 2.24) is 15.0 Å². The molecule has 1 aliphatic heterocycles. The molecule has 0 spiro atoms. The van der Waals surface area contributed by atoms with Gasteiger partial charge in [0.25, 0.3) is 5.69 Å². The summed E-state index contributed by atoms with van der Waals surface area (Å²) in [5, 5.41) is 19.8. The van der Waals surface area contributed by atoms with Crippen LogP contribution >= 0.6 is 11.3 Å². The molecule has 1 aromatic carbocycles. The van der Waals surface area contributed by atoms with Crippen LogP contribution in [0, 0.1) is 23.0 Å². The van der Waals surface area contributed by atoms with Gasteiger partial charge in [0.2, 0.25) is 17.6 Å². The number of hydrogen-bond donors (Lipinski definition) is 1. The molecule has 2 aromatic heterocycles. The van der Waals surface area contributed by atoms with Gasteiger partial charge in [-0.05, 0) is 49.9 Å². The van der Waals surface area contributed by atoms with Crippen molar-refractivity contribution in [2.45, 2.75) is 26.3 Å². The van der Waals surface area contributed by atoms with Gasteiger partial charge in [-0.15, -0.1) is 11.3 Å². The lowest BCUT2D eigenvalue weighted by Crippen LogP contribution is -2.37. The average molecular weight is 427 g/mol. The van der Waals surface area contributed by atoms with Crippen molar-refractivity contribution in [2.24, 2.45) is 5.92 Å². The van der Waals surface area contributed by atoms with Gasteiger partial charge in [0.05, 0.1) is 22.0 Å². The summed E-state index contributed by atoms with van der Waals surface area (Å²) in [4.78, 5) is 30.8. The molecule has 0 aliphatic carbocycles. The van der Waals surface area contributed by atoms with Crippen LogP contribution in [0.4, 0.5) is 11.4 Å². The quantitative estimate of drug-likeness (QED) is 0.469. The van der Waals surface area contributed by atoms with E-state index >= 15 is 0 Å². The first-order valence-electron chi connectivity index (χ1n) is 9.64. The molecule has 3 heterocycles. The zero-order valence-electron chi connectivity index (χ0n) is 16.4. The van der Waals surface area contributed by atoms with Crippen molar-refractivity contribution in [3.8, 4) is 10.7 Å². The fourth-order valence-electron chi connectivity index (χ4n) is 3.46. The Morgan fingerprint density at radius 3 is 2.87 bits per heavy atom. The highest BCUT2D eigenvalue weighted by atomic mass is 32.1. The number of nitrogens with zero attached hydrogens (tertiary/aromatic N) is 4. The average Bonchev–Trinajstić information content (AvgIpc) is 3.42. The highest BCUT2D eigenvalue weighted by Crippen LogP contribution is 2.26. The molecule has 156 valence electrons. The Morgan fingerprint density at radius 2 is 2.17 bits per heavy atom. The number of amides is 1. The van der Waals surface area contributed by atoms with Crippen LogP contribution in [-0.4, -0.2) is 39.0 Å². The van der Waals surface area contributed by atoms with E-state index in [4.69, 9.17) is 4.52 Å². The van der Waals surface area contributed by atoms with Gasteiger partial charge < -0.3 is 9.84 Å². The molecule has 0 unspecified atom stereocenters. The molecule has 1 saturated heterocycles. The van der Waals surface area contributed by atoms with Gasteiger partial charge in [0.1, 0.15) is 0 Å². The summed E-state index contributed by atoms with van der Waals surface area (Å²) in [6.45, 7) is 3.85. The number of rotatable bonds is 6. The van der Waals surface area contributed by atoms with E-state index in [9.17, 15) is 14.9 Å². The highest BCUT2D eigenvalue weighted by Gasteiger charge is 2.26. The van der Waals surface area contributed by atoms with Crippen molar-refractivity contribution in [1.29, 1.82) is 0 Å². The van der Waals surface area contributed by atoms with Gasteiger partial charge in [-0.2, -0.15) is 4.98 Å². The SMILES string of the molecule is Cc1ccc([N+](=O)[O-])cc1NC(=O)C1CCN(Cc2nc(-c3cccs3)no2)CC1. The number of nitro groups is 1. The zero-order valence-corrected chi connectivity index (χ0v) is 17.2. The third kappa shape index (κ3) is 4.55. The number of thiophene rings is 1. The third-order valence-electron chi connectivity index (χ3n) is 5.22. The standard InChI is InChI=1S/C20H21N5O4S/c1-13-4-5-15(25(27)28)11-16(13)21-20(26)14-6-8-24(9-7-14)12-18-22-19(23-29-18)17-3-2-10-30-17/h2-5,10-11,14H,6-9,12H2,1H3,(H,21,26). The summed E-state index contributed by atoms with van der Waals surface area (Å²) in [5.41, 5.74) is 1.25. The molecule has 4 rings (SSSR count). The number of benzene rings is 1. The highest BCUT2D eigenvalue weighted by molar-refractivity contribution is 7.13. The summed E-state index contributed by atoms with van der Waals surface area (Å²) in [7, 11) is 0. The molecule has 9 nitrogen and oxygen atoms in total. The lowest BCUT2D eigenvalue weighted by molar-refractivity contribution is -0.384. The van der Waals surface area contributed by atoms with E-state index in [-0.39, 0.29) is 17.5 Å². The fraction of sp³-hybridized carbons (Fsp3) is 0.350. The van der Waals surface area contributed by atoms with E-state index in [0.29, 0.717) is 36.8 Å². The zero-order chi connectivity index (χ0) is 21.1. The van der Waals surface area contributed by atoms with Crippen molar-refractivity contribution >= 4 is 28.6 Å². The molecule has 30 heavy (non-hydrogen) atoms. The number of nitro benzene ring substituents is 1. The molecule has 0 bridgehead atoms. The summed E-state index contributed by atoms with van der Waals surface area (Å²) in [5.74, 6) is 0.926. The summed E-state index contributed by atoms with van der Waals surface area (Å²) < 4.78 is 5.36. The molecule has 0 atom stereocenters. The summed E-state index contributed by atoms with van der Waals surface area (Å²) in [6, 6.07) is 8.38. The monoisotopic (exact) mass is 427 g/mol. The minimum Gasteiger partial charge on any atom is -0.338 e. The van der Waals surface area contributed by atoms with Crippen molar-refractivity contribution in [3.05, 3.63) is 57.3 Å². The smallest absolute Gasteiger partial charge is 0.271 e. The Kier molecular flexibility index (Phi) is 5.86. The van der Waals surface area contributed by atoms with Crippen LogP contribution < -0.4 is 5.32 Å². The molecule has 0 radical (unpaired) electrons. The molecule has 10 heteroatoms. The van der Waals surface area contributed by atoms with Crippen LogP contribution in [-0.2, 0) is 11.3 Å². The Morgan fingerprint density at radius 1 is 1.37 bits per heavy atom. The lowest BCUT2D eigenvalue weighted by Gasteiger charge is -2.30. The van der Waals surface area contributed by atoms with E-state index in [1.165, 1.54) is 12.1 Å². The Labute approximate surface area is 176 Å². The first kappa shape index (κ1) is 20.2. The minimum atomic E-state index is -0.463. The van der Waals surface area contributed by atoms with Crippen LogP contribution in [0.3, 0.4) is 0 Å². The van der Waals surface area contributed by atoms with Crippen LogP contribution in [0.25, 0.3) is 10.7 Å². The number of carbonyl (C=O) groups excluding carboxylic acids is 1. The Balaban J connectivity index is 1.31. The van der Waals surface area contributed by atoms with Crippen molar-refractivity contribution < 1.29 is 14.2 Å². The van der Waals surface area contributed by atoms with Crippen molar-refractivity contribution in [2.75, 3.05) is 18.4 Å². The summed E-state index contributed by atoms with van der Waals surface area (Å²) >= 11 is 1.56. The van der Waals surface area contributed by atoms with E-state index in [1.807, 2.05) is 24.4 Å². The summed E-state index contributed by atoms with van der Waals surface area (Å²) in [6.07, 6.45) is 1.40. The second-order valence-electron chi connectivity index (χ2n) is 7.29. The van der Waals surface area contributed by atoms with Gasteiger partial charge in [-0.25, -0.2) is 0 Å². The lowest BCUT2D eigenvalue weighted by atomic mass is 9.95. The largest absolute Gasteiger partial charge is 0.338 e. The van der Waals surface area contributed by atoms with E-state index in [1.54, 1.807) is 17.4 Å². The van der Waals surface area contributed by atoms with Gasteiger partial charge in [-0.1, -0.05) is 17.3 Å². The number of aromatic nitrogens is 2. The normalized spacial score (nSPS) is 15.2. The first-order chi connectivity index (χ1) is 14.5. The molecule has 1 aliphatic rings. The molecule has 0 saturated carbocycles. The molecule has 1 fully saturated rings. The second-order valence-corrected chi connectivity index (χ2v) is 8.23. The predicted molar refractivity (Wildman–Crippen MR) is 112 cm³/mol. The molecule has 3 aromatic rings. The van der Waals surface area contributed by atoms with Crippen LogP contribution in [0.2, 0.25) is 0 Å². The van der Waals surface area contributed by atoms with Crippen molar-refractivity contribution in [3.63, 3.8) is 0 Å². The molecular formula is C20H21N5O4S. The topological polar surface area (TPSA) is 114 Å². The number of nitrogens with one attached hydrogen (secondary N) is 1. The number of hydrogen-bond acceptors (Lipinski definition) is 8. The molecule has 1 N–H and O–H groups in total. The number of likely N-dealkylation sites (tertiary alicyclic amines) is 1. The number of non-ortho nitro benzene ring substituents is 1. The van der Waals surface area contributed by atoms with Crippen LogP contribution in [0.5, 0.6) is 0 Å². The maximum atomic E-state index is 12.7. The van der Waals surface area contributed by atoms with Gasteiger partial charge in [0, 0.05) is 18.1 Å². The maximum Gasteiger partial charge on any atom is 0.271 e. The van der Waals surface area contributed by atoms with Gasteiger partial charge in [-0.3, -0.25) is 19.8 Å². The fourth-order valence-corrected chi connectivity index (χ4v) is 4.11. The van der Waals surface area contributed by atoms with Gasteiger partial charge in [0.15, 0.2) is 0 Å². The van der Waals surface area contributed by atoms with Gasteiger partial charge >= 0.3 is 0 Å². The second kappa shape index (κ2) is 8.72. The molecule has 1 amide bonds. The maximum absolute atomic E-state index is 12.7. The Hall–Kier alpha value is -3.11. The van der Waals surface area contributed by atoms with E-state index < -0.39 is 4.92 Å². The number of carbonyl (C=O) groups is 1. The third-order valence-corrected chi connectivity index (χ3v) is 6.08. The van der Waals surface area contributed by atoms with Crippen LogP contribution in [0.15, 0.2) is 40.2 Å². The predicted octanol–water partition coefficient (Wildman–Crippen LogP) is 3.87. The Bertz CT molecular complexity index is 1040. The van der Waals surface area contributed by atoms with E-state index in [2.05, 4.69) is 20.4 Å². The van der Waals surface area contributed by atoms with E-state index in [0.717, 1.165) is 23.5 Å². The minimum absolute atomic E-state index is 0.0350.